The molecular weight excluding hydrogens is 391 g/mol. The van der Waals surface area contributed by atoms with Crippen LogP contribution in [0, 0.1) is 10.1 Å². The molecule has 0 amide bonds. The highest BCUT2D eigenvalue weighted by Gasteiger charge is 2.21. The number of nitro groups is 1. The molecule has 0 aliphatic rings. The van der Waals surface area contributed by atoms with Gasteiger partial charge in [-0.15, -0.1) is 12.4 Å². The highest BCUT2D eigenvalue weighted by molar-refractivity contribution is 7.51. The van der Waals surface area contributed by atoms with Crippen LogP contribution in [0.25, 0.3) is 11.0 Å². The van der Waals surface area contributed by atoms with Gasteiger partial charge in [-0.05, 0) is 12.0 Å². The minimum absolute atomic E-state index is 0. The van der Waals surface area contributed by atoms with Crippen molar-refractivity contribution < 1.29 is 19.3 Å². The Morgan fingerprint density at radius 2 is 1.88 bits per heavy atom. The van der Waals surface area contributed by atoms with Crippen molar-refractivity contribution in [3.63, 3.8) is 0 Å². The van der Waals surface area contributed by atoms with Crippen LogP contribution in [0.15, 0.2) is 21.7 Å². The van der Waals surface area contributed by atoms with Crippen molar-refractivity contribution in [1.29, 1.82) is 0 Å². The lowest BCUT2D eigenvalue weighted by atomic mass is 10.1. The number of nitro benzene ring substituents is 1. The maximum Gasteiger partial charge on any atom is 0.327 e. The van der Waals surface area contributed by atoms with Gasteiger partial charge >= 0.3 is 18.7 Å². The molecule has 144 valence electrons. The van der Waals surface area contributed by atoms with Gasteiger partial charge in [-0.2, -0.15) is 0 Å². The molecule has 13 heteroatoms. The highest BCUT2D eigenvalue weighted by Crippen LogP contribution is 2.35. The summed E-state index contributed by atoms with van der Waals surface area (Å²) in [5.41, 5.74) is -1.48. The lowest BCUT2D eigenvalue weighted by molar-refractivity contribution is -0.384. The van der Waals surface area contributed by atoms with E-state index >= 15 is 0 Å². The van der Waals surface area contributed by atoms with E-state index in [1.807, 2.05) is 0 Å². The summed E-state index contributed by atoms with van der Waals surface area (Å²) in [6.45, 7) is 1.75. The van der Waals surface area contributed by atoms with Gasteiger partial charge in [0.05, 0.1) is 22.1 Å². The molecule has 0 spiro atoms. The van der Waals surface area contributed by atoms with E-state index < -0.39 is 29.7 Å². The van der Waals surface area contributed by atoms with Gasteiger partial charge in [0.1, 0.15) is 0 Å². The van der Waals surface area contributed by atoms with Crippen molar-refractivity contribution in [2.45, 2.75) is 25.9 Å². The molecule has 1 heterocycles. The Morgan fingerprint density at radius 1 is 1.27 bits per heavy atom. The number of nitrogens with one attached hydrogen (secondary N) is 3. The molecule has 0 aliphatic carbocycles. The zero-order valence-electron chi connectivity index (χ0n) is 13.6. The fourth-order valence-corrected chi connectivity index (χ4v) is 3.37. The van der Waals surface area contributed by atoms with Gasteiger partial charge < -0.3 is 25.1 Å². The SMILES string of the molecule is CCC(CP(=O)(O)O)NCc1cc([N+](=O)[O-])cc2[nH]c(=O)c(=O)[nH]c12.Cl. The normalized spacial score (nSPS) is 12.6. The molecule has 0 saturated carbocycles. The maximum absolute atomic E-state index is 11.5. The van der Waals surface area contributed by atoms with Gasteiger partial charge in [-0.25, -0.2) is 0 Å². The summed E-state index contributed by atoms with van der Waals surface area (Å²) in [6, 6.07) is 1.83. The van der Waals surface area contributed by atoms with E-state index in [4.69, 9.17) is 9.79 Å². The highest BCUT2D eigenvalue weighted by atomic mass is 35.5. The Kier molecular flexibility index (Phi) is 7.25. The molecule has 1 aromatic heterocycles. The zero-order chi connectivity index (χ0) is 18.8. The summed E-state index contributed by atoms with van der Waals surface area (Å²) < 4.78 is 11.1. The third-order valence-corrected chi connectivity index (χ3v) is 4.56. The molecule has 1 unspecified atom stereocenters. The lowest BCUT2D eigenvalue weighted by Gasteiger charge is -2.18. The van der Waals surface area contributed by atoms with Crippen LogP contribution in [0.4, 0.5) is 5.69 Å². The van der Waals surface area contributed by atoms with E-state index in [0.29, 0.717) is 12.0 Å². The molecule has 5 N–H and O–H groups in total. The van der Waals surface area contributed by atoms with Crippen molar-refractivity contribution in [2.75, 3.05) is 6.16 Å². The molecule has 2 aromatic rings. The average Bonchev–Trinajstić information content (AvgIpc) is 2.51. The van der Waals surface area contributed by atoms with E-state index in [0.717, 1.165) is 6.07 Å². The van der Waals surface area contributed by atoms with Crippen molar-refractivity contribution in [1.82, 2.24) is 15.3 Å². The Balaban J connectivity index is 0.00000338. The van der Waals surface area contributed by atoms with Crippen molar-refractivity contribution in [2.24, 2.45) is 0 Å². The van der Waals surface area contributed by atoms with Crippen LogP contribution in [0.5, 0.6) is 0 Å². The van der Waals surface area contributed by atoms with Crippen LogP contribution >= 0.6 is 20.0 Å². The molecule has 11 nitrogen and oxygen atoms in total. The molecule has 26 heavy (non-hydrogen) atoms. The van der Waals surface area contributed by atoms with Gasteiger partial charge in [0.2, 0.25) is 0 Å². The smallest absolute Gasteiger partial charge is 0.324 e. The standard InChI is InChI=1S/C13H17N4O7P.ClH/c1-2-8(6-25(22,23)24)14-5-7-3-9(17(20)21)4-10-11(7)16-13(19)12(18)15-10;/h3-4,8,14H,2,5-6H2,1H3,(H,15,18)(H,16,19)(H2,22,23,24);1H. The van der Waals surface area contributed by atoms with E-state index in [9.17, 15) is 24.3 Å². The monoisotopic (exact) mass is 408 g/mol. The topological polar surface area (TPSA) is 178 Å². The number of H-pyrrole nitrogens is 2. The summed E-state index contributed by atoms with van der Waals surface area (Å²) in [5.74, 6) is 0. The van der Waals surface area contributed by atoms with Crippen LogP contribution in [-0.2, 0) is 11.1 Å². The number of hydrogen-bond acceptors (Lipinski definition) is 6. The summed E-state index contributed by atoms with van der Waals surface area (Å²) in [5, 5.41) is 14.0. The fraction of sp³-hybridized carbons (Fsp3) is 0.385. The minimum Gasteiger partial charge on any atom is -0.324 e. The van der Waals surface area contributed by atoms with E-state index in [1.54, 1.807) is 6.92 Å². The van der Waals surface area contributed by atoms with Gasteiger partial charge in [0.25, 0.3) is 5.69 Å². The fourth-order valence-electron chi connectivity index (χ4n) is 2.41. The molecular formula is C13H18ClN4O7P. The van der Waals surface area contributed by atoms with E-state index in [1.165, 1.54) is 6.07 Å². The number of hydrogen-bond donors (Lipinski definition) is 5. The number of benzene rings is 1. The number of non-ortho nitro benzene ring substituents is 1. The number of fused-ring (bicyclic) bond motifs is 1. The van der Waals surface area contributed by atoms with E-state index in [-0.39, 0.29) is 41.8 Å². The Morgan fingerprint density at radius 3 is 2.42 bits per heavy atom. The van der Waals surface area contributed by atoms with Crippen LogP contribution in [0.3, 0.4) is 0 Å². The first-order chi connectivity index (χ1) is 11.6. The van der Waals surface area contributed by atoms with Gasteiger partial charge in [0, 0.05) is 24.7 Å². The van der Waals surface area contributed by atoms with Crippen molar-refractivity contribution in [3.05, 3.63) is 48.5 Å². The maximum atomic E-state index is 11.5. The first-order valence-corrected chi connectivity index (χ1v) is 9.12. The summed E-state index contributed by atoms with van der Waals surface area (Å²) in [6.07, 6.45) is 0.0367. The van der Waals surface area contributed by atoms with Gasteiger partial charge in [-0.1, -0.05) is 6.92 Å². The van der Waals surface area contributed by atoms with Crippen LogP contribution in [0.1, 0.15) is 18.9 Å². The molecule has 1 aromatic carbocycles. The van der Waals surface area contributed by atoms with Crippen LogP contribution in [0.2, 0.25) is 0 Å². The number of aromatic amines is 2. The first-order valence-electron chi connectivity index (χ1n) is 7.32. The molecule has 0 bridgehead atoms. The first kappa shape index (κ1) is 22.0. The van der Waals surface area contributed by atoms with Crippen molar-refractivity contribution >= 4 is 36.7 Å². The predicted octanol–water partition coefficient (Wildman–Crippen LogP) is 0.592. The Labute approximate surface area is 152 Å². The molecule has 0 fully saturated rings. The van der Waals surface area contributed by atoms with Crippen LogP contribution in [-0.4, -0.2) is 36.9 Å². The summed E-state index contributed by atoms with van der Waals surface area (Å²) >= 11 is 0. The number of rotatable bonds is 7. The second-order valence-corrected chi connectivity index (χ2v) is 7.22. The third-order valence-electron chi connectivity index (χ3n) is 3.64. The van der Waals surface area contributed by atoms with Gasteiger partial charge in [0.15, 0.2) is 0 Å². The Bertz CT molecular complexity index is 967. The number of halogens is 1. The quantitative estimate of drug-likeness (QED) is 0.191. The average molecular weight is 409 g/mol. The number of nitrogens with zero attached hydrogens (tertiary/aromatic N) is 1. The number of aromatic nitrogens is 2. The van der Waals surface area contributed by atoms with Crippen LogP contribution < -0.4 is 16.4 Å². The van der Waals surface area contributed by atoms with E-state index in [2.05, 4.69) is 15.3 Å². The second-order valence-electron chi connectivity index (χ2n) is 5.53. The molecule has 1 atom stereocenters. The summed E-state index contributed by atoms with van der Waals surface area (Å²) in [4.78, 5) is 56.1. The summed E-state index contributed by atoms with van der Waals surface area (Å²) in [7, 11) is -4.22. The lowest BCUT2D eigenvalue weighted by Crippen LogP contribution is -2.32. The molecule has 2 rings (SSSR count). The largest absolute Gasteiger partial charge is 0.327 e. The Hall–Kier alpha value is -2.04. The minimum atomic E-state index is -4.22. The van der Waals surface area contributed by atoms with Crippen molar-refractivity contribution in [3.8, 4) is 0 Å². The third kappa shape index (κ3) is 5.48. The van der Waals surface area contributed by atoms with Gasteiger partial charge in [-0.3, -0.25) is 24.3 Å². The predicted molar refractivity (Wildman–Crippen MR) is 96.9 cm³/mol. The zero-order valence-corrected chi connectivity index (χ0v) is 15.3. The molecule has 0 saturated heterocycles. The molecule has 0 radical (unpaired) electrons. The second kappa shape index (κ2) is 8.56. The molecule has 0 aliphatic heterocycles.